The Morgan fingerprint density at radius 3 is 2.49 bits per heavy atom. The highest BCUT2D eigenvalue weighted by atomic mass is 32.2. The van der Waals surface area contributed by atoms with Crippen LogP contribution in [0.15, 0.2) is 83.9 Å². The lowest BCUT2D eigenvalue weighted by Crippen LogP contribution is -2.54. The summed E-state index contributed by atoms with van der Waals surface area (Å²) in [4.78, 5) is 30.6. The van der Waals surface area contributed by atoms with Crippen LogP contribution in [0.25, 0.3) is 10.8 Å². The average molecular weight is 643 g/mol. The van der Waals surface area contributed by atoms with Crippen LogP contribution in [-0.4, -0.2) is 43.3 Å². The molecular formula is C31H29F3N4O6S. The van der Waals surface area contributed by atoms with Crippen molar-refractivity contribution in [2.45, 2.75) is 48.4 Å². The van der Waals surface area contributed by atoms with Crippen LogP contribution in [0.4, 0.5) is 24.7 Å². The van der Waals surface area contributed by atoms with Gasteiger partial charge < -0.3 is 25.8 Å². The first-order valence-corrected chi connectivity index (χ1v) is 15.5. The van der Waals surface area contributed by atoms with Gasteiger partial charge in [-0.3, -0.25) is 4.79 Å². The van der Waals surface area contributed by atoms with Gasteiger partial charge >= 0.3 is 12.1 Å². The van der Waals surface area contributed by atoms with Crippen LogP contribution in [-0.2, 0) is 36.4 Å². The summed E-state index contributed by atoms with van der Waals surface area (Å²) in [7, 11) is -3.69. The van der Waals surface area contributed by atoms with Crippen LogP contribution in [0.2, 0.25) is 0 Å². The van der Waals surface area contributed by atoms with Gasteiger partial charge in [-0.1, -0.05) is 30.3 Å². The summed E-state index contributed by atoms with van der Waals surface area (Å²) in [5, 5.41) is 5.75. The number of ether oxygens (including phenoxy) is 2. The second kappa shape index (κ2) is 12.3. The van der Waals surface area contributed by atoms with E-state index in [1.54, 1.807) is 31.2 Å². The summed E-state index contributed by atoms with van der Waals surface area (Å²) in [5.74, 6) is -3.45. The fourth-order valence-corrected chi connectivity index (χ4v) is 6.72. The number of nitrogens with zero attached hydrogens (tertiary/aromatic N) is 1. The summed E-state index contributed by atoms with van der Waals surface area (Å²) < 4.78 is 77.9. The molecule has 1 amide bonds. The van der Waals surface area contributed by atoms with Gasteiger partial charge in [0.15, 0.2) is 9.84 Å². The molecule has 0 bridgehead atoms. The molecule has 0 saturated heterocycles. The minimum atomic E-state index is -5.47. The largest absolute Gasteiger partial charge is 0.494 e. The van der Waals surface area contributed by atoms with E-state index in [1.165, 1.54) is 54.7 Å². The first-order chi connectivity index (χ1) is 21.3. The maximum atomic E-state index is 14.2. The summed E-state index contributed by atoms with van der Waals surface area (Å²) in [5.41, 5.74) is 3.25. The van der Waals surface area contributed by atoms with E-state index in [0.29, 0.717) is 23.6 Å². The maximum Gasteiger partial charge on any atom is 0.491 e. The van der Waals surface area contributed by atoms with E-state index in [1.807, 2.05) is 0 Å². The third kappa shape index (κ3) is 6.65. The number of sulfone groups is 1. The molecule has 10 nitrogen and oxygen atoms in total. The first kappa shape index (κ1) is 31.6. The normalized spacial score (nSPS) is 14.8. The predicted molar refractivity (Wildman–Crippen MR) is 160 cm³/mol. The second-order valence-corrected chi connectivity index (χ2v) is 12.5. The zero-order valence-corrected chi connectivity index (χ0v) is 24.7. The Bertz CT molecular complexity index is 1860. The zero-order valence-electron chi connectivity index (χ0n) is 23.9. The Labute approximate surface area is 256 Å². The van der Waals surface area contributed by atoms with Gasteiger partial charge in [-0.05, 0) is 73.2 Å². The van der Waals surface area contributed by atoms with Crippen molar-refractivity contribution in [3.63, 3.8) is 0 Å². The monoisotopic (exact) mass is 642 g/mol. The number of rotatable bonds is 11. The number of hydrogen-bond acceptors (Lipinski definition) is 9. The number of amides is 1. The van der Waals surface area contributed by atoms with Crippen molar-refractivity contribution in [3.8, 4) is 5.75 Å². The fraction of sp³-hybridized carbons (Fsp3) is 0.258. The van der Waals surface area contributed by atoms with Crippen LogP contribution < -0.4 is 21.1 Å². The van der Waals surface area contributed by atoms with Gasteiger partial charge in [0.05, 0.1) is 16.8 Å². The SMILES string of the molecule is CCOc1cccc(C(Nc2ccc3c(N)nccc3c2)(OC(=O)C(F)(F)F)C(=O)NCc2ccccc2S(=O)(=O)C2CC2)c1. The molecule has 1 fully saturated rings. The van der Waals surface area contributed by atoms with Crippen molar-refractivity contribution in [2.24, 2.45) is 0 Å². The number of esters is 1. The number of fused-ring (bicyclic) bond motifs is 1. The molecule has 3 aromatic carbocycles. The molecule has 5 rings (SSSR count). The van der Waals surface area contributed by atoms with E-state index in [2.05, 4.69) is 15.6 Å². The van der Waals surface area contributed by atoms with Crippen molar-refractivity contribution in [1.29, 1.82) is 0 Å². The highest BCUT2D eigenvalue weighted by Crippen LogP contribution is 2.37. The molecular weight excluding hydrogens is 613 g/mol. The minimum Gasteiger partial charge on any atom is -0.494 e. The van der Waals surface area contributed by atoms with Crippen molar-refractivity contribution in [2.75, 3.05) is 17.7 Å². The molecule has 4 aromatic rings. The van der Waals surface area contributed by atoms with Gasteiger partial charge in [-0.15, -0.1) is 0 Å². The topological polar surface area (TPSA) is 150 Å². The smallest absolute Gasteiger partial charge is 0.491 e. The fourth-order valence-electron chi connectivity index (χ4n) is 4.83. The molecule has 1 saturated carbocycles. The van der Waals surface area contributed by atoms with Crippen LogP contribution >= 0.6 is 0 Å². The number of anilines is 2. The highest BCUT2D eigenvalue weighted by Gasteiger charge is 2.52. The van der Waals surface area contributed by atoms with Gasteiger partial charge in [-0.2, -0.15) is 13.2 Å². The molecule has 0 aliphatic heterocycles. The minimum absolute atomic E-state index is 0.00211. The summed E-state index contributed by atoms with van der Waals surface area (Å²) in [6.07, 6.45) is -3.02. The molecule has 1 heterocycles. The summed E-state index contributed by atoms with van der Waals surface area (Å²) >= 11 is 0. The Morgan fingerprint density at radius 1 is 1.02 bits per heavy atom. The molecule has 1 aromatic heterocycles. The Morgan fingerprint density at radius 2 is 1.78 bits per heavy atom. The summed E-state index contributed by atoms with van der Waals surface area (Å²) in [6.45, 7) is 1.49. The zero-order chi connectivity index (χ0) is 32.4. The maximum absolute atomic E-state index is 14.2. The van der Waals surface area contributed by atoms with E-state index >= 15 is 0 Å². The number of nitrogen functional groups attached to an aromatic ring is 1. The molecule has 4 N–H and O–H groups in total. The molecule has 45 heavy (non-hydrogen) atoms. The molecule has 0 radical (unpaired) electrons. The van der Waals surface area contributed by atoms with E-state index in [9.17, 15) is 31.2 Å². The van der Waals surface area contributed by atoms with E-state index in [-0.39, 0.29) is 39.9 Å². The predicted octanol–water partition coefficient (Wildman–Crippen LogP) is 4.84. The molecule has 1 atom stereocenters. The number of carbonyl (C=O) groups is 2. The Balaban J connectivity index is 1.61. The number of halogens is 3. The number of benzene rings is 3. The number of pyridine rings is 1. The second-order valence-electron chi connectivity index (χ2n) is 10.3. The molecule has 0 spiro atoms. The standard InChI is InChI=1S/C31H29F3N4O6S/c1-2-43-23-8-5-7-21(17-23)30(44-29(40)31(32,33)34,38-22-10-13-25-19(16-22)14-15-36-27(25)35)28(39)37-18-20-6-3-4-9-26(20)45(41,42)24-11-12-24/h3-10,13-17,24,38H,2,11-12,18H2,1H3,(H2,35,36)(H,37,39). The van der Waals surface area contributed by atoms with E-state index in [0.717, 1.165) is 0 Å². The third-order valence-corrected chi connectivity index (χ3v) is 9.51. The van der Waals surface area contributed by atoms with Crippen LogP contribution in [0.5, 0.6) is 5.75 Å². The molecule has 14 heteroatoms. The highest BCUT2D eigenvalue weighted by molar-refractivity contribution is 7.92. The molecule has 1 aliphatic rings. The number of aromatic nitrogens is 1. The van der Waals surface area contributed by atoms with Gasteiger partial charge in [0, 0.05) is 29.4 Å². The van der Waals surface area contributed by atoms with E-state index < -0.39 is 45.4 Å². The number of hydrogen-bond donors (Lipinski definition) is 3. The lowest BCUT2D eigenvalue weighted by molar-refractivity contribution is -0.213. The first-order valence-electron chi connectivity index (χ1n) is 13.9. The van der Waals surface area contributed by atoms with Gasteiger partial charge in [0.2, 0.25) is 0 Å². The number of nitrogens with one attached hydrogen (secondary N) is 2. The van der Waals surface area contributed by atoms with Crippen molar-refractivity contribution < 1.29 is 40.7 Å². The third-order valence-electron chi connectivity index (χ3n) is 7.15. The Hall–Kier alpha value is -4.85. The molecule has 1 unspecified atom stereocenters. The average Bonchev–Trinajstić information content (AvgIpc) is 3.86. The lowest BCUT2D eigenvalue weighted by Gasteiger charge is -2.34. The summed E-state index contributed by atoms with van der Waals surface area (Å²) in [6, 6.07) is 17.6. The van der Waals surface area contributed by atoms with Gasteiger partial charge in [0.1, 0.15) is 11.6 Å². The number of carbonyl (C=O) groups excluding carboxylic acids is 2. The quantitative estimate of drug-likeness (QED) is 0.154. The number of alkyl halides is 3. The lowest BCUT2D eigenvalue weighted by atomic mass is 9.99. The molecule has 1 aliphatic carbocycles. The van der Waals surface area contributed by atoms with Crippen LogP contribution in [0.1, 0.15) is 30.9 Å². The van der Waals surface area contributed by atoms with Crippen molar-refractivity contribution in [1.82, 2.24) is 10.3 Å². The van der Waals surface area contributed by atoms with Crippen LogP contribution in [0, 0.1) is 0 Å². The van der Waals surface area contributed by atoms with Crippen molar-refractivity contribution >= 4 is 44.0 Å². The van der Waals surface area contributed by atoms with Gasteiger partial charge in [-0.25, -0.2) is 18.2 Å². The number of nitrogens with two attached hydrogens (primary N) is 1. The Kier molecular flexibility index (Phi) is 8.61. The van der Waals surface area contributed by atoms with Crippen molar-refractivity contribution in [3.05, 3.63) is 90.1 Å². The molecule has 236 valence electrons. The van der Waals surface area contributed by atoms with Crippen LogP contribution in [0.3, 0.4) is 0 Å². The van der Waals surface area contributed by atoms with E-state index in [4.69, 9.17) is 15.2 Å². The van der Waals surface area contributed by atoms with Gasteiger partial charge in [0.25, 0.3) is 11.6 Å².